The van der Waals surface area contributed by atoms with Crippen molar-refractivity contribution in [3.63, 3.8) is 0 Å². The Labute approximate surface area is 148 Å². The molecule has 0 aliphatic heterocycles. The van der Waals surface area contributed by atoms with Gasteiger partial charge in [0.15, 0.2) is 11.5 Å². The Morgan fingerprint density at radius 1 is 0.960 bits per heavy atom. The number of nitrogen functional groups attached to an aromatic ring is 1. The van der Waals surface area contributed by atoms with Gasteiger partial charge in [0.2, 0.25) is 5.95 Å². The molecule has 0 fully saturated rings. The maximum absolute atomic E-state index is 5.91. The van der Waals surface area contributed by atoms with Gasteiger partial charge in [0.25, 0.3) is 0 Å². The SMILES string of the molecule is CC.CNc1nc(-c2cccc(N)c2)c2cc(OC)c(OC)cc2n1. The van der Waals surface area contributed by atoms with Crippen molar-refractivity contribution < 1.29 is 9.47 Å². The molecular weight excluding hydrogens is 316 g/mol. The molecule has 0 spiro atoms. The molecule has 2 aromatic carbocycles. The van der Waals surface area contributed by atoms with Crippen LogP contribution in [0.1, 0.15) is 13.8 Å². The molecule has 0 aliphatic carbocycles. The quantitative estimate of drug-likeness (QED) is 0.700. The number of fused-ring (bicyclic) bond motifs is 1. The number of rotatable bonds is 4. The second-order valence-electron chi connectivity index (χ2n) is 5.00. The standard InChI is InChI=1S/C17H18N4O2.C2H6/c1-19-17-20-13-9-15(23-3)14(22-2)8-12(13)16(21-17)10-5-4-6-11(18)7-10;1-2/h4-9H,18H2,1-3H3,(H,19,20,21);1-2H3. The van der Waals surface area contributed by atoms with Crippen LogP contribution in [0.25, 0.3) is 22.2 Å². The molecule has 6 heteroatoms. The van der Waals surface area contributed by atoms with Crippen LogP contribution >= 0.6 is 0 Å². The minimum absolute atomic E-state index is 0.530. The predicted octanol–water partition coefficient (Wildman–Crippen LogP) is 3.96. The lowest BCUT2D eigenvalue weighted by molar-refractivity contribution is 0.356. The molecule has 25 heavy (non-hydrogen) atoms. The smallest absolute Gasteiger partial charge is 0.223 e. The zero-order valence-electron chi connectivity index (χ0n) is 15.3. The van der Waals surface area contributed by atoms with Crippen LogP contribution in [0.15, 0.2) is 36.4 Å². The Kier molecular flexibility index (Phi) is 6.00. The summed E-state index contributed by atoms with van der Waals surface area (Å²) < 4.78 is 10.8. The van der Waals surface area contributed by atoms with E-state index in [4.69, 9.17) is 15.2 Å². The Bertz CT molecular complexity index is 865. The lowest BCUT2D eigenvalue weighted by Gasteiger charge is -2.13. The molecular formula is C19H24N4O2. The summed E-state index contributed by atoms with van der Waals surface area (Å²) in [5, 5.41) is 3.85. The summed E-state index contributed by atoms with van der Waals surface area (Å²) in [6.45, 7) is 4.00. The highest BCUT2D eigenvalue weighted by Gasteiger charge is 2.14. The molecule has 0 saturated carbocycles. The summed E-state index contributed by atoms with van der Waals surface area (Å²) >= 11 is 0. The largest absolute Gasteiger partial charge is 0.493 e. The number of benzene rings is 2. The second kappa shape index (κ2) is 8.19. The maximum atomic E-state index is 5.91. The molecule has 0 unspecified atom stereocenters. The van der Waals surface area contributed by atoms with Crippen molar-refractivity contribution in [3.05, 3.63) is 36.4 Å². The van der Waals surface area contributed by atoms with Gasteiger partial charge in [-0.05, 0) is 18.2 Å². The first-order valence-electron chi connectivity index (χ1n) is 8.13. The molecule has 1 heterocycles. The number of nitrogens with two attached hydrogens (primary N) is 1. The molecule has 3 rings (SSSR count). The Morgan fingerprint density at radius 3 is 2.24 bits per heavy atom. The van der Waals surface area contributed by atoms with E-state index in [1.807, 2.05) is 50.2 Å². The van der Waals surface area contributed by atoms with Gasteiger partial charge >= 0.3 is 0 Å². The third kappa shape index (κ3) is 3.74. The van der Waals surface area contributed by atoms with Crippen LogP contribution in [0.3, 0.4) is 0 Å². The number of anilines is 2. The number of hydrogen-bond donors (Lipinski definition) is 2. The third-order valence-electron chi connectivity index (χ3n) is 3.58. The van der Waals surface area contributed by atoms with Gasteiger partial charge < -0.3 is 20.5 Å². The number of nitrogens with zero attached hydrogens (tertiary/aromatic N) is 2. The van der Waals surface area contributed by atoms with Gasteiger partial charge in [-0.2, -0.15) is 0 Å². The highest BCUT2D eigenvalue weighted by Crippen LogP contribution is 2.36. The predicted molar refractivity (Wildman–Crippen MR) is 103 cm³/mol. The molecule has 3 aromatic rings. The number of hydrogen-bond acceptors (Lipinski definition) is 6. The van der Waals surface area contributed by atoms with E-state index >= 15 is 0 Å². The van der Waals surface area contributed by atoms with Crippen LogP contribution < -0.4 is 20.5 Å². The summed E-state index contributed by atoms with van der Waals surface area (Å²) in [6.07, 6.45) is 0. The van der Waals surface area contributed by atoms with Gasteiger partial charge in [0.1, 0.15) is 0 Å². The molecule has 0 atom stereocenters. The Balaban J connectivity index is 0.00000109. The van der Waals surface area contributed by atoms with Crippen LogP contribution in [-0.4, -0.2) is 31.2 Å². The molecule has 3 N–H and O–H groups in total. The van der Waals surface area contributed by atoms with Gasteiger partial charge in [-0.3, -0.25) is 0 Å². The third-order valence-corrected chi connectivity index (χ3v) is 3.58. The highest BCUT2D eigenvalue weighted by atomic mass is 16.5. The van der Waals surface area contributed by atoms with Gasteiger partial charge in [0.05, 0.1) is 25.4 Å². The van der Waals surface area contributed by atoms with Crippen molar-refractivity contribution in [2.24, 2.45) is 0 Å². The molecule has 132 valence electrons. The molecule has 0 radical (unpaired) electrons. The number of aromatic nitrogens is 2. The average molecular weight is 340 g/mol. The number of nitrogens with one attached hydrogen (secondary N) is 1. The molecule has 1 aromatic heterocycles. The lowest BCUT2D eigenvalue weighted by atomic mass is 10.1. The van der Waals surface area contributed by atoms with E-state index < -0.39 is 0 Å². The van der Waals surface area contributed by atoms with Crippen molar-refractivity contribution in [2.45, 2.75) is 13.8 Å². The van der Waals surface area contributed by atoms with E-state index in [1.165, 1.54) is 0 Å². The summed E-state index contributed by atoms with van der Waals surface area (Å²) in [7, 11) is 4.99. The first-order valence-corrected chi connectivity index (χ1v) is 8.13. The second-order valence-corrected chi connectivity index (χ2v) is 5.00. The van der Waals surface area contributed by atoms with E-state index in [1.54, 1.807) is 21.3 Å². The van der Waals surface area contributed by atoms with Crippen LogP contribution in [0, 0.1) is 0 Å². The van der Waals surface area contributed by atoms with Crippen molar-refractivity contribution in [1.29, 1.82) is 0 Å². The summed E-state index contributed by atoms with van der Waals surface area (Å²) in [5.74, 6) is 1.78. The molecule has 6 nitrogen and oxygen atoms in total. The normalized spacial score (nSPS) is 9.96. The van der Waals surface area contributed by atoms with Gasteiger partial charge in [-0.15, -0.1) is 0 Å². The monoisotopic (exact) mass is 340 g/mol. The number of ether oxygens (including phenoxy) is 2. The zero-order chi connectivity index (χ0) is 18.4. The van der Waals surface area contributed by atoms with Crippen molar-refractivity contribution in [2.75, 3.05) is 32.3 Å². The van der Waals surface area contributed by atoms with Crippen LogP contribution in [0.5, 0.6) is 11.5 Å². The summed E-state index contributed by atoms with van der Waals surface area (Å²) in [4.78, 5) is 9.08. The average Bonchev–Trinajstić information content (AvgIpc) is 2.67. The minimum Gasteiger partial charge on any atom is -0.493 e. The van der Waals surface area contributed by atoms with Crippen LogP contribution in [0.4, 0.5) is 11.6 Å². The highest BCUT2D eigenvalue weighted by molar-refractivity contribution is 5.95. The Hall–Kier alpha value is -3.02. The van der Waals surface area contributed by atoms with Crippen molar-refractivity contribution in [3.8, 4) is 22.8 Å². The molecule has 0 bridgehead atoms. The van der Waals surface area contributed by atoms with E-state index in [-0.39, 0.29) is 0 Å². The molecule has 0 aliphatic rings. The zero-order valence-corrected chi connectivity index (χ0v) is 15.3. The first kappa shape index (κ1) is 18.3. The van der Waals surface area contributed by atoms with Gasteiger partial charge in [-0.25, -0.2) is 9.97 Å². The van der Waals surface area contributed by atoms with Crippen LogP contribution in [-0.2, 0) is 0 Å². The lowest BCUT2D eigenvalue weighted by Crippen LogP contribution is -2.00. The van der Waals surface area contributed by atoms with Gasteiger partial charge in [-0.1, -0.05) is 26.0 Å². The van der Waals surface area contributed by atoms with Crippen molar-refractivity contribution in [1.82, 2.24) is 9.97 Å². The topological polar surface area (TPSA) is 82.3 Å². The fourth-order valence-electron chi connectivity index (χ4n) is 2.47. The Morgan fingerprint density at radius 2 is 1.64 bits per heavy atom. The van der Waals surface area contributed by atoms with Gasteiger partial charge in [0, 0.05) is 29.8 Å². The van der Waals surface area contributed by atoms with E-state index in [0.717, 1.165) is 22.2 Å². The summed E-state index contributed by atoms with van der Waals surface area (Å²) in [5.41, 5.74) is 9.06. The molecule has 0 saturated heterocycles. The summed E-state index contributed by atoms with van der Waals surface area (Å²) in [6, 6.07) is 11.3. The fraction of sp³-hybridized carbons (Fsp3) is 0.263. The fourth-order valence-corrected chi connectivity index (χ4v) is 2.47. The first-order chi connectivity index (χ1) is 12.2. The molecule has 0 amide bonds. The van der Waals surface area contributed by atoms with E-state index in [2.05, 4.69) is 15.3 Å². The maximum Gasteiger partial charge on any atom is 0.223 e. The van der Waals surface area contributed by atoms with E-state index in [9.17, 15) is 0 Å². The number of methoxy groups -OCH3 is 2. The van der Waals surface area contributed by atoms with Crippen LogP contribution in [0.2, 0.25) is 0 Å². The minimum atomic E-state index is 0.530. The van der Waals surface area contributed by atoms with E-state index in [0.29, 0.717) is 23.1 Å². The van der Waals surface area contributed by atoms with Crippen molar-refractivity contribution >= 4 is 22.5 Å².